The quantitative estimate of drug-likeness (QED) is 0.821. The molecule has 1 unspecified atom stereocenters. The fraction of sp³-hybridized carbons (Fsp3) is 0.529. The van der Waals surface area contributed by atoms with E-state index in [1.165, 1.54) is 0 Å². The summed E-state index contributed by atoms with van der Waals surface area (Å²) in [4.78, 5) is 29.5. The van der Waals surface area contributed by atoms with Gasteiger partial charge in [-0.05, 0) is 19.8 Å². The second-order valence-corrected chi connectivity index (χ2v) is 6.39. The summed E-state index contributed by atoms with van der Waals surface area (Å²) in [7, 11) is 0. The Hall–Kier alpha value is -2.48. The highest BCUT2D eigenvalue weighted by Gasteiger charge is 2.30. The Kier molecular flexibility index (Phi) is 4.35. The van der Waals surface area contributed by atoms with Gasteiger partial charge in [-0.1, -0.05) is 0 Å². The molecule has 1 amide bonds. The minimum atomic E-state index is -0.235. The summed E-state index contributed by atoms with van der Waals surface area (Å²) >= 11 is 0. The average Bonchev–Trinajstić information content (AvgIpc) is 3.33. The monoisotopic (exact) mass is 342 g/mol. The number of ether oxygens (including phenoxy) is 1. The number of imidazole rings is 1. The van der Waals surface area contributed by atoms with Gasteiger partial charge in [0, 0.05) is 51.2 Å². The molecular formula is C17H22N6O2. The smallest absolute Gasteiger partial charge is 0.251 e. The number of amides is 1. The lowest BCUT2D eigenvalue weighted by Gasteiger charge is -2.36. The predicted octanol–water partition coefficient (Wildman–Crippen LogP) is 0.798. The molecule has 1 atom stereocenters. The first-order valence-corrected chi connectivity index (χ1v) is 8.70. The largest absolute Gasteiger partial charge is 0.368 e. The van der Waals surface area contributed by atoms with E-state index in [4.69, 9.17) is 4.74 Å². The van der Waals surface area contributed by atoms with Crippen LogP contribution in [0.2, 0.25) is 0 Å². The van der Waals surface area contributed by atoms with Crippen LogP contribution < -0.4 is 4.90 Å². The Morgan fingerprint density at radius 2 is 1.96 bits per heavy atom. The Labute approximate surface area is 146 Å². The van der Waals surface area contributed by atoms with Crippen LogP contribution in [0.1, 0.15) is 18.7 Å². The molecule has 0 N–H and O–H groups in total. The van der Waals surface area contributed by atoms with E-state index in [-0.39, 0.29) is 12.0 Å². The average molecular weight is 342 g/mol. The third kappa shape index (κ3) is 3.21. The molecule has 0 spiro atoms. The van der Waals surface area contributed by atoms with Crippen molar-refractivity contribution in [1.82, 2.24) is 24.4 Å². The van der Waals surface area contributed by atoms with E-state index in [1.807, 2.05) is 28.7 Å². The highest BCUT2D eigenvalue weighted by molar-refractivity contribution is 5.81. The van der Waals surface area contributed by atoms with Crippen LogP contribution >= 0.6 is 0 Å². The summed E-state index contributed by atoms with van der Waals surface area (Å²) in [5.74, 6) is 2.70. The molecule has 132 valence electrons. The molecule has 25 heavy (non-hydrogen) atoms. The fourth-order valence-corrected chi connectivity index (χ4v) is 3.39. The molecule has 2 aliphatic rings. The van der Waals surface area contributed by atoms with E-state index in [2.05, 4.69) is 19.9 Å². The van der Waals surface area contributed by atoms with Gasteiger partial charge in [0.1, 0.15) is 29.9 Å². The fourth-order valence-electron chi connectivity index (χ4n) is 3.39. The predicted molar refractivity (Wildman–Crippen MR) is 91.7 cm³/mol. The summed E-state index contributed by atoms with van der Waals surface area (Å²) in [6.07, 6.45) is 6.81. The van der Waals surface area contributed by atoms with Gasteiger partial charge in [0.15, 0.2) is 0 Å². The lowest BCUT2D eigenvalue weighted by Crippen LogP contribution is -2.51. The number of carbonyl (C=O) groups excluding carboxylic acids is 1. The zero-order chi connectivity index (χ0) is 17.2. The summed E-state index contributed by atoms with van der Waals surface area (Å²) in [5, 5.41) is 0. The van der Waals surface area contributed by atoms with Gasteiger partial charge in [0.05, 0.1) is 0 Å². The molecule has 2 aliphatic heterocycles. The lowest BCUT2D eigenvalue weighted by atomic mass is 10.2. The topological polar surface area (TPSA) is 76.4 Å². The maximum atomic E-state index is 12.4. The van der Waals surface area contributed by atoms with Crippen molar-refractivity contribution in [3.8, 4) is 5.82 Å². The minimum absolute atomic E-state index is 0.134. The number of hydrogen-bond acceptors (Lipinski definition) is 6. The van der Waals surface area contributed by atoms with Crippen LogP contribution in [0.3, 0.4) is 0 Å². The SMILES string of the molecule is Cc1nccn1-c1cc(N2CCN(C(=O)C3CCCO3)CC2)ncn1. The summed E-state index contributed by atoms with van der Waals surface area (Å²) < 4.78 is 7.45. The molecule has 0 aromatic carbocycles. The van der Waals surface area contributed by atoms with Gasteiger partial charge in [0.2, 0.25) is 0 Å². The number of nitrogens with zero attached hydrogens (tertiary/aromatic N) is 6. The van der Waals surface area contributed by atoms with Crippen molar-refractivity contribution in [2.24, 2.45) is 0 Å². The maximum Gasteiger partial charge on any atom is 0.251 e. The third-order valence-electron chi connectivity index (χ3n) is 4.83. The molecular weight excluding hydrogens is 320 g/mol. The molecule has 2 aromatic rings. The highest BCUT2D eigenvalue weighted by atomic mass is 16.5. The van der Waals surface area contributed by atoms with Crippen LogP contribution in [0.25, 0.3) is 5.82 Å². The van der Waals surface area contributed by atoms with E-state index >= 15 is 0 Å². The molecule has 2 fully saturated rings. The molecule has 8 nitrogen and oxygen atoms in total. The van der Waals surface area contributed by atoms with Crippen molar-refractivity contribution in [2.75, 3.05) is 37.7 Å². The second-order valence-electron chi connectivity index (χ2n) is 6.39. The van der Waals surface area contributed by atoms with Crippen molar-refractivity contribution in [2.45, 2.75) is 25.9 Å². The summed E-state index contributed by atoms with van der Waals surface area (Å²) in [6.45, 7) is 5.56. The molecule has 0 radical (unpaired) electrons. The van der Waals surface area contributed by atoms with Crippen LogP contribution in [-0.4, -0.2) is 69.2 Å². The van der Waals surface area contributed by atoms with Gasteiger partial charge in [-0.3, -0.25) is 9.36 Å². The lowest BCUT2D eigenvalue weighted by molar-refractivity contribution is -0.141. The van der Waals surface area contributed by atoms with Crippen LogP contribution in [0, 0.1) is 6.92 Å². The van der Waals surface area contributed by atoms with Gasteiger partial charge in [-0.2, -0.15) is 0 Å². The molecule has 4 heterocycles. The van der Waals surface area contributed by atoms with Gasteiger partial charge in [-0.25, -0.2) is 15.0 Å². The van der Waals surface area contributed by atoms with Crippen molar-refractivity contribution in [3.05, 3.63) is 30.6 Å². The Bertz CT molecular complexity index is 747. The highest BCUT2D eigenvalue weighted by Crippen LogP contribution is 2.19. The third-order valence-corrected chi connectivity index (χ3v) is 4.83. The van der Waals surface area contributed by atoms with E-state index in [0.717, 1.165) is 43.4 Å². The number of anilines is 1. The Morgan fingerprint density at radius 3 is 2.64 bits per heavy atom. The van der Waals surface area contributed by atoms with Gasteiger partial charge in [0.25, 0.3) is 5.91 Å². The van der Waals surface area contributed by atoms with Crippen LogP contribution in [0.5, 0.6) is 0 Å². The van der Waals surface area contributed by atoms with Crippen molar-refractivity contribution in [3.63, 3.8) is 0 Å². The van der Waals surface area contributed by atoms with E-state index in [9.17, 15) is 4.79 Å². The normalized spacial score (nSPS) is 20.9. The molecule has 8 heteroatoms. The van der Waals surface area contributed by atoms with Gasteiger partial charge >= 0.3 is 0 Å². The zero-order valence-electron chi connectivity index (χ0n) is 14.3. The van der Waals surface area contributed by atoms with E-state index in [0.29, 0.717) is 19.7 Å². The number of aryl methyl sites for hydroxylation is 1. The summed E-state index contributed by atoms with van der Waals surface area (Å²) in [6, 6.07) is 1.96. The first kappa shape index (κ1) is 16.0. The van der Waals surface area contributed by atoms with E-state index in [1.54, 1.807) is 12.5 Å². The molecule has 0 saturated carbocycles. The van der Waals surface area contributed by atoms with Crippen LogP contribution in [0.4, 0.5) is 5.82 Å². The first-order valence-electron chi connectivity index (χ1n) is 8.70. The van der Waals surface area contributed by atoms with Crippen molar-refractivity contribution < 1.29 is 9.53 Å². The minimum Gasteiger partial charge on any atom is -0.368 e. The Morgan fingerprint density at radius 1 is 1.16 bits per heavy atom. The molecule has 2 saturated heterocycles. The second kappa shape index (κ2) is 6.79. The molecule has 0 aliphatic carbocycles. The number of piperazine rings is 1. The van der Waals surface area contributed by atoms with Crippen LogP contribution in [-0.2, 0) is 9.53 Å². The number of rotatable bonds is 3. The number of hydrogen-bond donors (Lipinski definition) is 0. The summed E-state index contributed by atoms with van der Waals surface area (Å²) in [5.41, 5.74) is 0. The van der Waals surface area contributed by atoms with Crippen molar-refractivity contribution in [1.29, 1.82) is 0 Å². The van der Waals surface area contributed by atoms with Gasteiger partial charge < -0.3 is 14.5 Å². The van der Waals surface area contributed by atoms with Crippen LogP contribution in [0.15, 0.2) is 24.8 Å². The van der Waals surface area contributed by atoms with Crippen molar-refractivity contribution >= 4 is 11.7 Å². The number of aromatic nitrogens is 4. The number of carbonyl (C=O) groups is 1. The van der Waals surface area contributed by atoms with Gasteiger partial charge in [-0.15, -0.1) is 0 Å². The maximum absolute atomic E-state index is 12.4. The molecule has 2 aromatic heterocycles. The first-order chi connectivity index (χ1) is 12.2. The molecule has 0 bridgehead atoms. The standard InChI is InChI=1S/C17H22N6O2/c1-13-18-4-5-23(13)16-11-15(19-12-20-16)21-6-8-22(9-7-21)17(24)14-3-2-10-25-14/h4-5,11-12,14H,2-3,6-10H2,1H3. The molecule has 4 rings (SSSR count). The zero-order valence-corrected chi connectivity index (χ0v) is 14.3. The Balaban J connectivity index is 1.42. The van der Waals surface area contributed by atoms with E-state index < -0.39 is 0 Å².